The Hall–Kier alpha value is -1.86. The number of amides is 1. The number of rotatable bonds is 7. The van der Waals surface area contributed by atoms with E-state index in [0.29, 0.717) is 19.6 Å². The van der Waals surface area contributed by atoms with Crippen LogP contribution in [0, 0.1) is 0 Å². The first-order chi connectivity index (χ1) is 10.7. The van der Waals surface area contributed by atoms with E-state index >= 15 is 0 Å². The second kappa shape index (κ2) is 8.69. The molecule has 1 aromatic heterocycles. The van der Waals surface area contributed by atoms with E-state index < -0.39 is 17.8 Å². The van der Waals surface area contributed by atoms with Gasteiger partial charge in [0.2, 0.25) is 0 Å². The maximum absolute atomic E-state index is 12.1. The molecular formula is C16H27N3O4. The summed E-state index contributed by atoms with van der Waals surface area (Å²) in [6, 6.07) is 3.30. The molecule has 1 rings (SSSR count). The monoisotopic (exact) mass is 325 g/mol. The first-order valence-corrected chi connectivity index (χ1v) is 7.68. The normalized spacial score (nSPS) is 12.7. The number of aromatic hydroxyl groups is 1. The summed E-state index contributed by atoms with van der Waals surface area (Å²) in [7, 11) is 0. The number of aliphatic hydroxyl groups excluding tert-OH is 1. The second-order valence-corrected chi connectivity index (χ2v) is 6.46. The molecule has 1 heterocycles. The highest BCUT2D eigenvalue weighted by atomic mass is 16.6. The standard InChI is InChI=1S/C16H27N3O4/c1-12(20)11-19(15(22)23-16(2,3)4)8-7-17-9-13-5-6-14(21)10-18-13/h5-6,10,12,17,20-21H,7-9,11H2,1-4H3. The smallest absolute Gasteiger partial charge is 0.410 e. The average Bonchev–Trinajstić information content (AvgIpc) is 2.41. The molecule has 1 aromatic rings. The van der Waals surface area contributed by atoms with Crippen LogP contribution in [0.15, 0.2) is 18.3 Å². The van der Waals surface area contributed by atoms with Crippen molar-refractivity contribution in [1.82, 2.24) is 15.2 Å². The maximum Gasteiger partial charge on any atom is 0.410 e. The van der Waals surface area contributed by atoms with Crippen molar-refractivity contribution in [3.05, 3.63) is 24.0 Å². The SMILES string of the molecule is CC(O)CN(CCNCc1ccc(O)cn1)C(=O)OC(C)(C)C. The molecule has 1 atom stereocenters. The first kappa shape index (κ1) is 19.2. The third-order valence-corrected chi connectivity index (χ3v) is 2.81. The molecule has 7 nitrogen and oxygen atoms in total. The van der Waals surface area contributed by atoms with E-state index in [9.17, 15) is 15.0 Å². The van der Waals surface area contributed by atoms with Gasteiger partial charge in [0.1, 0.15) is 11.4 Å². The van der Waals surface area contributed by atoms with E-state index in [4.69, 9.17) is 4.74 Å². The van der Waals surface area contributed by atoms with Crippen molar-refractivity contribution in [3.63, 3.8) is 0 Å². The topological polar surface area (TPSA) is 94.9 Å². The highest BCUT2D eigenvalue weighted by Gasteiger charge is 2.22. The summed E-state index contributed by atoms with van der Waals surface area (Å²) in [6.45, 7) is 8.74. The lowest BCUT2D eigenvalue weighted by Gasteiger charge is -2.28. The molecule has 23 heavy (non-hydrogen) atoms. The van der Waals surface area contributed by atoms with Crippen molar-refractivity contribution in [1.29, 1.82) is 0 Å². The molecule has 130 valence electrons. The third kappa shape index (κ3) is 8.37. The second-order valence-electron chi connectivity index (χ2n) is 6.46. The molecule has 0 radical (unpaired) electrons. The summed E-state index contributed by atoms with van der Waals surface area (Å²) in [5, 5.41) is 21.9. The zero-order valence-electron chi connectivity index (χ0n) is 14.2. The Morgan fingerprint density at radius 2 is 2.13 bits per heavy atom. The predicted octanol–water partition coefficient (Wildman–Crippen LogP) is 1.49. The van der Waals surface area contributed by atoms with Crippen LogP contribution in [0.1, 0.15) is 33.4 Å². The lowest BCUT2D eigenvalue weighted by molar-refractivity contribution is 0.0164. The zero-order valence-corrected chi connectivity index (χ0v) is 14.2. The van der Waals surface area contributed by atoms with Crippen LogP contribution in [0.25, 0.3) is 0 Å². The largest absolute Gasteiger partial charge is 0.506 e. The molecule has 1 unspecified atom stereocenters. The fourth-order valence-corrected chi connectivity index (χ4v) is 1.85. The van der Waals surface area contributed by atoms with Crippen LogP contribution in [0.2, 0.25) is 0 Å². The Morgan fingerprint density at radius 1 is 1.43 bits per heavy atom. The fourth-order valence-electron chi connectivity index (χ4n) is 1.85. The number of nitrogens with zero attached hydrogens (tertiary/aromatic N) is 2. The molecular weight excluding hydrogens is 298 g/mol. The first-order valence-electron chi connectivity index (χ1n) is 7.68. The highest BCUT2D eigenvalue weighted by Crippen LogP contribution is 2.10. The molecule has 0 fully saturated rings. The van der Waals surface area contributed by atoms with Gasteiger partial charge in [-0.2, -0.15) is 0 Å². The van der Waals surface area contributed by atoms with Crippen molar-refractivity contribution in [2.75, 3.05) is 19.6 Å². The van der Waals surface area contributed by atoms with Crippen LogP contribution in [0.3, 0.4) is 0 Å². The number of carbonyl (C=O) groups excluding carboxylic acids is 1. The number of carbonyl (C=O) groups is 1. The number of hydrogen-bond donors (Lipinski definition) is 3. The number of hydrogen-bond acceptors (Lipinski definition) is 6. The minimum absolute atomic E-state index is 0.127. The number of aliphatic hydroxyl groups is 1. The van der Waals surface area contributed by atoms with Gasteiger partial charge < -0.3 is 25.2 Å². The van der Waals surface area contributed by atoms with Gasteiger partial charge in [-0.3, -0.25) is 4.98 Å². The lowest BCUT2D eigenvalue weighted by Crippen LogP contribution is -2.43. The van der Waals surface area contributed by atoms with Crippen LogP contribution in [-0.2, 0) is 11.3 Å². The molecule has 0 saturated carbocycles. The average molecular weight is 325 g/mol. The Morgan fingerprint density at radius 3 is 2.65 bits per heavy atom. The van der Waals surface area contributed by atoms with Gasteiger partial charge in [0, 0.05) is 26.2 Å². The van der Waals surface area contributed by atoms with Gasteiger partial charge in [-0.1, -0.05) is 0 Å². The Bertz CT molecular complexity index is 483. The Kier molecular flexibility index (Phi) is 7.25. The Labute approximate surface area is 137 Å². The van der Waals surface area contributed by atoms with Crippen molar-refractivity contribution < 1.29 is 19.7 Å². The van der Waals surface area contributed by atoms with Gasteiger partial charge >= 0.3 is 6.09 Å². The van der Waals surface area contributed by atoms with Crippen molar-refractivity contribution >= 4 is 6.09 Å². The van der Waals surface area contributed by atoms with E-state index in [0.717, 1.165) is 5.69 Å². The van der Waals surface area contributed by atoms with Gasteiger partial charge in [-0.05, 0) is 39.8 Å². The molecule has 0 aliphatic rings. The van der Waals surface area contributed by atoms with Gasteiger partial charge in [0.05, 0.1) is 18.0 Å². The molecule has 0 aliphatic heterocycles. The van der Waals surface area contributed by atoms with Crippen molar-refractivity contribution in [2.24, 2.45) is 0 Å². The van der Waals surface area contributed by atoms with Crippen LogP contribution in [0.4, 0.5) is 4.79 Å². The van der Waals surface area contributed by atoms with Gasteiger partial charge in [-0.15, -0.1) is 0 Å². The number of ether oxygens (including phenoxy) is 1. The highest BCUT2D eigenvalue weighted by molar-refractivity contribution is 5.68. The predicted molar refractivity (Wildman–Crippen MR) is 87.1 cm³/mol. The Balaban J connectivity index is 2.44. The molecule has 7 heteroatoms. The summed E-state index contributed by atoms with van der Waals surface area (Å²) >= 11 is 0. The molecule has 3 N–H and O–H groups in total. The molecule has 0 aromatic carbocycles. The maximum atomic E-state index is 12.1. The van der Waals surface area contributed by atoms with Crippen LogP contribution < -0.4 is 5.32 Å². The molecule has 1 amide bonds. The van der Waals surface area contributed by atoms with Crippen LogP contribution in [0.5, 0.6) is 5.75 Å². The van der Waals surface area contributed by atoms with Crippen molar-refractivity contribution in [2.45, 2.75) is 45.9 Å². The fraction of sp³-hybridized carbons (Fsp3) is 0.625. The summed E-state index contributed by atoms with van der Waals surface area (Å²) in [5.74, 6) is 0.127. The van der Waals surface area contributed by atoms with Crippen molar-refractivity contribution in [3.8, 4) is 5.75 Å². The van der Waals surface area contributed by atoms with Gasteiger partial charge in [-0.25, -0.2) is 4.79 Å². The van der Waals surface area contributed by atoms with E-state index in [-0.39, 0.29) is 12.3 Å². The summed E-state index contributed by atoms with van der Waals surface area (Å²) < 4.78 is 5.34. The lowest BCUT2D eigenvalue weighted by atomic mass is 10.2. The van der Waals surface area contributed by atoms with E-state index in [2.05, 4.69) is 10.3 Å². The zero-order chi connectivity index (χ0) is 17.5. The molecule has 0 aliphatic carbocycles. The summed E-state index contributed by atoms with van der Waals surface area (Å²) in [5.41, 5.74) is 0.222. The molecule has 0 bridgehead atoms. The van der Waals surface area contributed by atoms with E-state index in [1.54, 1.807) is 39.8 Å². The number of pyridine rings is 1. The minimum atomic E-state index is -0.624. The van der Waals surface area contributed by atoms with Crippen LogP contribution >= 0.6 is 0 Å². The minimum Gasteiger partial charge on any atom is -0.506 e. The number of aromatic nitrogens is 1. The number of nitrogens with one attached hydrogen (secondary N) is 1. The van der Waals surface area contributed by atoms with Gasteiger partial charge in [0.25, 0.3) is 0 Å². The summed E-state index contributed by atoms with van der Waals surface area (Å²) in [6.07, 6.45) is 0.321. The molecule has 0 spiro atoms. The van der Waals surface area contributed by atoms with Gasteiger partial charge in [0.15, 0.2) is 0 Å². The quantitative estimate of drug-likeness (QED) is 0.658. The van der Waals surface area contributed by atoms with E-state index in [1.807, 2.05) is 0 Å². The molecule has 0 saturated heterocycles. The third-order valence-electron chi connectivity index (χ3n) is 2.81. The summed E-state index contributed by atoms with van der Waals surface area (Å²) in [4.78, 5) is 17.7. The van der Waals surface area contributed by atoms with E-state index in [1.165, 1.54) is 11.1 Å². The van der Waals surface area contributed by atoms with Crippen LogP contribution in [-0.4, -0.2) is 57.5 Å².